The second-order valence-corrected chi connectivity index (χ2v) is 10.2. The van der Waals surface area contributed by atoms with Crippen molar-refractivity contribution >= 4 is 42.6 Å². The van der Waals surface area contributed by atoms with Crippen LogP contribution >= 0.6 is 31.6 Å². The van der Waals surface area contributed by atoms with Gasteiger partial charge in [0.05, 0.1) is 4.90 Å². The number of nitrogens with zero attached hydrogens (tertiary/aromatic N) is 1. The van der Waals surface area contributed by atoms with Gasteiger partial charge in [-0.15, -0.1) is 0 Å². The maximum Gasteiger partial charge on any atom is 0.164 e. The molecule has 0 aliphatic carbocycles. The van der Waals surface area contributed by atoms with E-state index in [0.29, 0.717) is 34.1 Å². The van der Waals surface area contributed by atoms with Gasteiger partial charge in [0.1, 0.15) is 11.0 Å². The quantitative estimate of drug-likeness (QED) is 0.433. The van der Waals surface area contributed by atoms with E-state index in [1.807, 2.05) is 30.3 Å². The largest absolute Gasteiger partial charge is 0.350 e. The second kappa shape index (κ2) is 9.96. The Morgan fingerprint density at radius 1 is 1.25 bits per heavy atom. The summed E-state index contributed by atoms with van der Waals surface area (Å²) >= 11 is 12.7. The van der Waals surface area contributed by atoms with E-state index in [4.69, 9.17) is 33.0 Å². The summed E-state index contributed by atoms with van der Waals surface area (Å²) in [6, 6.07) is 11.5. The molecule has 2 aromatic rings. The summed E-state index contributed by atoms with van der Waals surface area (Å²) in [7, 11) is -1.15. The summed E-state index contributed by atoms with van der Waals surface area (Å²) < 4.78 is 15.3. The summed E-state index contributed by atoms with van der Waals surface area (Å²) in [6.07, 6.45) is 0.882. The van der Waals surface area contributed by atoms with Crippen molar-refractivity contribution in [1.82, 2.24) is 9.62 Å². The Hall–Kier alpha value is -0.560. The predicted molar refractivity (Wildman–Crippen MR) is 116 cm³/mol. The monoisotopic (exact) mass is 460 g/mol. The first kappa shape index (κ1) is 22.1. The third kappa shape index (κ3) is 5.53. The summed E-state index contributed by atoms with van der Waals surface area (Å²) in [4.78, 5) is 20.7. The van der Waals surface area contributed by atoms with Crippen LogP contribution in [0.25, 0.3) is 0 Å². The predicted octanol–water partition coefficient (Wildman–Crippen LogP) is 3.87. The van der Waals surface area contributed by atoms with Crippen LogP contribution in [0.2, 0.25) is 10.0 Å². The zero-order valence-corrected chi connectivity index (χ0v) is 18.7. The van der Waals surface area contributed by atoms with E-state index in [0.717, 1.165) is 29.8 Å². The zero-order valence-electron chi connectivity index (χ0n) is 15.4. The molecule has 0 fully saturated rings. The number of likely N-dealkylation sites (N-methyl/N-ethyl adjacent to an activating group) is 1. The van der Waals surface area contributed by atoms with Gasteiger partial charge in [-0.25, -0.2) is 8.93 Å². The lowest BCUT2D eigenvalue weighted by atomic mass is 9.85. The van der Waals surface area contributed by atoms with Crippen LogP contribution in [0.15, 0.2) is 41.3 Å². The lowest BCUT2D eigenvalue weighted by Gasteiger charge is -2.33. The molecule has 2 atom stereocenters. The normalized spacial score (nSPS) is 18.3. The molecule has 1 aliphatic rings. The Balaban J connectivity index is 1.74. The highest BCUT2D eigenvalue weighted by Crippen LogP contribution is 2.38. The number of nitrogens with one attached hydrogen (secondary N) is 1. The molecular formula is C19H23Cl2N2O3PS. The van der Waals surface area contributed by atoms with Crippen LogP contribution < -0.4 is 4.72 Å². The van der Waals surface area contributed by atoms with Crippen LogP contribution in [0.5, 0.6) is 0 Å². The van der Waals surface area contributed by atoms with Gasteiger partial charge in [0.15, 0.2) is 8.38 Å². The van der Waals surface area contributed by atoms with E-state index in [9.17, 15) is 4.21 Å². The van der Waals surface area contributed by atoms with Gasteiger partial charge < -0.3 is 14.7 Å². The van der Waals surface area contributed by atoms with E-state index >= 15 is 0 Å². The van der Waals surface area contributed by atoms with Crippen LogP contribution in [0.4, 0.5) is 0 Å². The first-order valence-corrected chi connectivity index (χ1v) is 12.3. The third-order valence-corrected chi connectivity index (χ3v) is 7.20. The van der Waals surface area contributed by atoms with Gasteiger partial charge in [-0.3, -0.25) is 0 Å². The molecule has 0 bridgehead atoms. The number of hydrogen-bond acceptors (Lipinski definition) is 4. The van der Waals surface area contributed by atoms with Crippen LogP contribution in [0.1, 0.15) is 29.0 Å². The van der Waals surface area contributed by atoms with Crippen molar-refractivity contribution in [3.05, 3.63) is 63.1 Å². The Morgan fingerprint density at radius 2 is 1.96 bits per heavy atom. The molecule has 0 spiro atoms. The van der Waals surface area contributed by atoms with Gasteiger partial charge in [0.2, 0.25) is 0 Å². The second-order valence-electron chi connectivity index (χ2n) is 6.89. The molecule has 5 nitrogen and oxygen atoms in total. The molecular weight excluding hydrogens is 438 g/mol. The fraction of sp³-hybridized carbons (Fsp3) is 0.368. The minimum Gasteiger partial charge on any atom is -0.350 e. The third-order valence-electron chi connectivity index (χ3n) is 4.76. The van der Waals surface area contributed by atoms with Gasteiger partial charge in [-0.1, -0.05) is 35.3 Å². The fourth-order valence-electron chi connectivity index (χ4n) is 3.42. The molecule has 0 radical (unpaired) electrons. The Morgan fingerprint density at radius 3 is 2.64 bits per heavy atom. The molecule has 0 aromatic heterocycles. The summed E-state index contributed by atoms with van der Waals surface area (Å²) in [5.41, 5.74) is 3.37. The molecule has 3 N–H and O–H groups in total. The number of fused-ring (bicyclic) bond motifs is 1. The zero-order chi connectivity index (χ0) is 20.3. The standard InChI is InChI=1S/C19H23Cl2N2O3PS/c1-23-11-17(16-9-14(20)10-19(21)18(16)12-23)13-3-5-15(6-4-13)28(26)22-7-2-8-27(24)25/h3-6,9-10,17,22,24-25H,2,7-8,11-12H2,1H3. The maximum absolute atomic E-state index is 12.4. The van der Waals surface area contributed by atoms with E-state index in [2.05, 4.69) is 16.7 Å². The van der Waals surface area contributed by atoms with Gasteiger partial charge in [-0.05, 0) is 54.4 Å². The van der Waals surface area contributed by atoms with Crippen molar-refractivity contribution in [3.63, 3.8) is 0 Å². The minimum atomic E-state index is -1.89. The number of halogens is 2. The topological polar surface area (TPSA) is 72.8 Å². The Kier molecular flexibility index (Phi) is 7.88. The van der Waals surface area contributed by atoms with Gasteiger partial charge in [0, 0.05) is 41.8 Å². The molecule has 28 heavy (non-hydrogen) atoms. The van der Waals surface area contributed by atoms with Crippen LogP contribution in [-0.2, 0) is 17.5 Å². The number of rotatable bonds is 7. The van der Waals surface area contributed by atoms with E-state index in [-0.39, 0.29) is 5.92 Å². The van der Waals surface area contributed by atoms with Crippen molar-refractivity contribution in [2.45, 2.75) is 23.8 Å². The van der Waals surface area contributed by atoms with Crippen molar-refractivity contribution in [2.75, 3.05) is 26.3 Å². The molecule has 1 aliphatic heterocycles. The number of hydrogen-bond donors (Lipinski definition) is 3. The van der Waals surface area contributed by atoms with E-state index < -0.39 is 19.4 Å². The van der Waals surface area contributed by atoms with Crippen molar-refractivity contribution in [2.24, 2.45) is 0 Å². The molecule has 0 saturated heterocycles. The first-order valence-electron chi connectivity index (χ1n) is 8.92. The summed E-state index contributed by atoms with van der Waals surface area (Å²) in [5.74, 6) is 0.147. The highest BCUT2D eigenvalue weighted by molar-refractivity contribution is 7.83. The molecule has 9 heteroatoms. The molecule has 3 rings (SSSR count). The lowest BCUT2D eigenvalue weighted by Crippen LogP contribution is -2.31. The molecule has 1 heterocycles. The van der Waals surface area contributed by atoms with Gasteiger partial charge in [0.25, 0.3) is 0 Å². The average molecular weight is 461 g/mol. The lowest BCUT2D eigenvalue weighted by molar-refractivity contribution is 0.295. The maximum atomic E-state index is 12.4. The highest BCUT2D eigenvalue weighted by atomic mass is 35.5. The van der Waals surface area contributed by atoms with Crippen molar-refractivity contribution < 1.29 is 14.0 Å². The van der Waals surface area contributed by atoms with Crippen molar-refractivity contribution in [3.8, 4) is 0 Å². The van der Waals surface area contributed by atoms with E-state index in [1.54, 1.807) is 6.07 Å². The summed E-state index contributed by atoms with van der Waals surface area (Å²) in [5, 5.41) is 1.32. The SMILES string of the molecule is CN1Cc2c(Cl)cc(Cl)cc2C(c2ccc(S(=O)NCCCP(O)O)cc2)C1. The van der Waals surface area contributed by atoms with Crippen LogP contribution in [-0.4, -0.2) is 45.2 Å². The van der Waals surface area contributed by atoms with Crippen molar-refractivity contribution in [1.29, 1.82) is 0 Å². The molecule has 0 saturated carbocycles. The highest BCUT2D eigenvalue weighted by Gasteiger charge is 2.27. The number of benzene rings is 2. The van der Waals surface area contributed by atoms with Crippen LogP contribution in [0.3, 0.4) is 0 Å². The Bertz CT molecular complexity index is 852. The molecule has 2 aromatic carbocycles. The summed E-state index contributed by atoms with van der Waals surface area (Å²) in [6.45, 7) is 2.11. The molecule has 152 valence electrons. The average Bonchev–Trinajstić information content (AvgIpc) is 2.65. The van der Waals surface area contributed by atoms with Gasteiger partial charge in [-0.2, -0.15) is 0 Å². The van der Waals surface area contributed by atoms with Crippen LogP contribution in [0, 0.1) is 0 Å². The molecule has 2 unspecified atom stereocenters. The van der Waals surface area contributed by atoms with E-state index in [1.165, 1.54) is 0 Å². The first-order chi connectivity index (χ1) is 13.3. The smallest absolute Gasteiger partial charge is 0.164 e. The fourth-order valence-corrected chi connectivity index (χ4v) is 5.31. The Labute approximate surface area is 179 Å². The minimum absolute atomic E-state index is 0.147. The molecule has 0 amide bonds. The van der Waals surface area contributed by atoms with Gasteiger partial charge >= 0.3 is 0 Å².